The first-order chi connectivity index (χ1) is 14.4. The first-order valence-corrected chi connectivity index (χ1v) is 9.72. The Morgan fingerprint density at radius 1 is 1.37 bits per heavy atom. The predicted octanol–water partition coefficient (Wildman–Crippen LogP) is 2.78. The number of anilines is 1. The first kappa shape index (κ1) is 20.0. The van der Waals surface area contributed by atoms with E-state index in [4.69, 9.17) is 16.4 Å². The van der Waals surface area contributed by atoms with Crippen molar-refractivity contribution in [3.8, 4) is 0 Å². The molecule has 3 aromatic rings. The van der Waals surface area contributed by atoms with Crippen LogP contribution in [0.25, 0.3) is 0 Å². The van der Waals surface area contributed by atoms with E-state index in [0.29, 0.717) is 22.7 Å². The molecule has 1 unspecified atom stereocenters. The third kappa shape index (κ3) is 4.18. The number of hydrogen-bond donors (Lipinski definition) is 1. The molecule has 0 bridgehead atoms. The molecule has 0 spiro atoms. The van der Waals surface area contributed by atoms with E-state index in [-0.39, 0.29) is 12.5 Å². The van der Waals surface area contributed by atoms with Crippen LogP contribution in [0, 0.1) is 12.7 Å². The number of rotatable bonds is 6. The fraction of sp³-hybridized carbons (Fsp3) is 0.316. The van der Waals surface area contributed by atoms with E-state index in [1.165, 1.54) is 23.1 Å². The van der Waals surface area contributed by atoms with Crippen molar-refractivity contribution in [1.82, 2.24) is 24.5 Å². The van der Waals surface area contributed by atoms with Crippen LogP contribution in [0.3, 0.4) is 0 Å². The van der Waals surface area contributed by atoms with Gasteiger partial charge >= 0.3 is 0 Å². The van der Waals surface area contributed by atoms with Gasteiger partial charge in [0.1, 0.15) is 12.1 Å². The van der Waals surface area contributed by atoms with Gasteiger partial charge in [0, 0.05) is 29.7 Å². The highest BCUT2D eigenvalue weighted by Gasteiger charge is 2.31. The molecular formula is C19H19ClFN7O2. The molecule has 1 aromatic carbocycles. The first-order valence-electron chi connectivity index (χ1n) is 9.34. The standard InChI is InChI=1S/C19H19ClFN7O2/c1-3-27-9-14(11(2)24-27)16-7-17(30-26-16)18(29)23-19-22-10-28(25-19)8-12-4-5-13(21)6-15(12)20/h4-6,9-10,17H,3,7-8H2,1-2H3,(H,23,25,29). The Morgan fingerprint density at radius 2 is 2.20 bits per heavy atom. The number of carbonyl (C=O) groups excluding carboxylic acids is 1. The maximum absolute atomic E-state index is 13.2. The van der Waals surface area contributed by atoms with Crippen molar-refractivity contribution in [3.05, 3.63) is 58.4 Å². The van der Waals surface area contributed by atoms with Gasteiger partial charge in [-0.05, 0) is 31.5 Å². The number of hydrogen-bond acceptors (Lipinski definition) is 6. The molecule has 4 rings (SSSR count). The SMILES string of the molecule is CCn1cc(C2=NOC(C(=O)Nc3ncn(Cc4ccc(F)cc4Cl)n3)C2)c(C)n1. The number of benzene rings is 1. The quantitative estimate of drug-likeness (QED) is 0.647. The van der Waals surface area contributed by atoms with Crippen LogP contribution in [0.1, 0.15) is 30.2 Å². The summed E-state index contributed by atoms with van der Waals surface area (Å²) in [6.07, 6.45) is 2.90. The summed E-state index contributed by atoms with van der Waals surface area (Å²) < 4.78 is 16.5. The number of carbonyl (C=O) groups is 1. The van der Waals surface area contributed by atoms with Crippen molar-refractivity contribution in [3.63, 3.8) is 0 Å². The molecule has 9 nitrogen and oxygen atoms in total. The van der Waals surface area contributed by atoms with Gasteiger partial charge in [-0.3, -0.25) is 14.8 Å². The van der Waals surface area contributed by atoms with E-state index in [2.05, 4.69) is 25.7 Å². The van der Waals surface area contributed by atoms with Crippen LogP contribution in [-0.2, 0) is 22.7 Å². The number of halogens is 2. The van der Waals surface area contributed by atoms with Gasteiger partial charge in [-0.25, -0.2) is 14.1 Å². The van der Waals surface area contributed by atoms with E-state index in [1.54, 1.807) is 6.07 Å². The summed E-state index contributed by atoms with van der Waals surface area (Å²) in [5, 5.41) is 15.6. The van der Waals surface area contributed by atoms with Crippen LogP contribution in [-0.4, -0.2) is 42.3 Å². The molecule has 30 heavy (non-hydrogen) atoms. The zero-order chi connectivity index (χ0) is 21.3. The number of nitrogens with one attached hydrogen (secondary N) is 1. The summed E-state index contributed by atoms with van der Waals surface area (Å²) >= 11 is 6.04. The molecule has 0 fully saturated rings. The van der Waals surface area contributed by atoms with Crippen LogP contribution >= 0.6 is 11.6 Å². The Bertz CT molecular complexity index is 1120. The van der Waals surface area contributed by atoms with Crippen molar-refractivity contribution in [2.45, 2.75) is 39.5 Å². The zero-order valence-electron chi connectivity index (χ0n) is 16.3. The lowest BCUT2D eigenvalue weighted by molar-refractivity contribution is -0.125. The van der Waals surface area contributed by atoms with Crippen molar-refractivity contribution in [2.24, 2.45) is 5.16 Å². The second-order valence-electron chi connectivity index (χ2n) is 6.81. The molecule has 3 heterocycles. The van der Waals surface area contributed by atoms with Gasteiger partial charge in [0.05, 0.1) is 18.0 Å². The van der Waals surface area contributed by atoms with Crippen molar-refractivity contribution in [2.75, 3.05) is 5.32 Å². The third-order valence-corrected chi connectivity index (χ3v) is 5.01. The highest BCUT2D eigenvalue weighted by atomic mass is 35.5. The molecule has 0 aliphatic carbocycles. The molecule has 0 radical (unpaired) electrons. The lowest BCUT2D eigenvalue weighted by atomic mass is 10.1. The maximum atomic E-state index is 13.2. The predicted molar refractivity (Wildman–Crippen MR) is 108 cm³/mol. The number of amides is 1. The van der Waals surface area contributed by atoms with Gasteiger partial charge in [-0.1, -0.05) is 22.8 Å². The van der Waals surface area contributed by atoms with Gasteiger partial charge < -0.3 is 4.84 Å². The average Bonchev–Trinajstić information content (AvgIpc) is 3.43. The Morgan fingerprint density at radius 3 is 2.93 bits per heavy atom. The fourth-order valence-electron chi connectivity index (χ4n) is 3.08. The summed E-state index contributed by atoms with van der Waals surface area (Å²) in [6, 6.07) is 4.13. The second-order valence-corrected chi connectivity index (χ2v) is 7.22. The third-order valence-electron chi connectivity index (χ3n) is 4.66. The summed E-state index contributed by atoms with van der Waals surface area (Å²) in [5.41, 5.74) is 3.06. The van der Waals surface area contributed by atoms with E-state index in [9.17, 15) is 9.18 Å². The molecule has 11 heteroatoms. The maximum Gasteiger partial charge on any atom is 0.271 e. The highest BCUT2D eigenvalue weighted by Crippen LogP contribution is 2.20. The Hall–Kier alpha value is -3.27. The van der Waals surface area contributed by atoms with Gasteiger partial charge in [0.15, 0.2) is 0 Å². The number of oxime groups is 1. The van der Waals surface area contributed by atoms with Crippen LogP contribution in [0.4, 0.5) is 10.3 Å². The lowest BCUT2D eigenvalue weighted by Gasteiger charge is -2.07. The Labute approximate surface area is 176 Å². The molecule has 1 amide bonds. The van der Waals surface area contributed by atoms with Crippen molar-refractivity contribution in [1.29, 1.82) is 0 Å². The topological polar surface area (TPSA) is 99.2 Å². The highest BCUT2D eigenvalue weighted by molar-refractivity contribution is 6.31. The lowest BCUT2D eigenvalue weighted by Crippen LogP contribution is -2.28. The summed E-state index contributed by atoms with van der Waals surface area (Å²) in [6.45, 7) is 4.92. The average molecular weight is 432 g/mol. The fourth-order valence-corrected chi connectivity index (χ4v) is 3.31. The minimum absolute atomic E-state index is 0.130. The van der Waals surface area contributed by atoms with Crippen molar-refractivity contribution < 1.29 is 14.0 Å². The molecule has 1 N–H and O–H groups in total. The molecule has 0 saturated carbocycles. The molecule has 1 aliphatic rings. The molecule has 2 aromatic heterocycles. The zero-order valence-corrected chi connectivity index (χ0v) is 17.1. The minimum Gasteiger partial charge on any atom is -0.382 e. The van der Waals surface area contributed by atoms with Gasteiger partial charge in [0.25, 0.3) is 5.91 Å². The molecular weight excluding hydrogens is 413 g/mol. The Kier molecular flexibility index (Phi) is 5.49. The summed E-state index contributed by atoms with van der Waals surface area (Å²) in [5.74, 6) is -0.678. The number of nitrogens with zero attached hydrogens (tertiary/aromatic N) is 6. The summed E-state index contributed by atoms with van der Waals surface area (Å²) in [4.78, 5) is 21.9. The monoisotopic (exact) mass is 431 g/mol. The molecule has 1 aliphatic heterocycles. The second kappa shape index (κ2) is 8.23. The largest absolute Gasteiger partial charge is 0.382 e. The smallest absolute Gasteiger partial charge is 0.271 e. The molecule has 1 atom stereocenters. The van der Waals surface area contributed by atoms with E-state index in [0.717, 1.165) is 17.8 Å². The van der Waals surface area contributed by atoms with Crippen molar-refractivity contribution >= 4 is 29.2 Å². The normalized spacial score (nSPS) is 15.7. The van der Waals surface area contributed by atoms with Gasteiger partial charge in [0.2, 0.25) is 12.1 Å². The van der Waals surface area contributed by atoms with Crippen LogP contribution in [0.15, 0.2) is 35.9 Å². The Balaban J connectivity index is 1.36. The number of aryl methyl sites for hydroxylation is 2. The van der Waals surface area contributed by atoms with E-state index in [1.807, 2.05) is 24.7 Å². The van der Waals surface area contributed by atoms with Crippen LogP contribution < -0.4 is 5.32 Å². The van der Waals surface area contributed by atoms with Crippen LogP contribution in [0.5, 0.6) is 0 Å². The minimum atomic E-state index is -0.775. The number of aromatic nitrogens is 5. The van der Waals surface area contributed by atoms with Crippen LogP contribution in [0.2, 0.25) is 5.02 Å². The molecule has 0 saturated heterocycles. The molecule has 156 valence electrons. The van der Waals surface area contributed by atoms with E-state index < -0.39 is 17.8 Å². The van der Waals surface area contributed by atoms with Gasteiger partial charge in [-0.15, -0.1) is 5.10 Å². The van der Waals surface area contributed by atoms with Gasteiger partial charge in [-0.2, -0.15) is 5.10 Å². The summed E-state index contributed by atoms with van der Waals surface area (Å²) in [7, 11) is 0. The van der Waals surface area contributed by atoms with E-state index >= 15 is 0 Å².